The Balaban J connectivity index is 2.53. The fourth-order valence-corrected chi connectivity index (χ4v) is 2.39. The Morgan fingerprint density at radius 1 is 1.00 bits per heavy atom. The van der Waals surface area contributed by atoms with Crippen LogP contribution in [0.2, 0.25) is 0 Å². The molecule has 0 spiro atoms. The monoisotopic (exact) mass is 299 g/mol. The molecular formula is C10H5Br2O. The molecule has 0 saturated heterocycles. The summed E-state index contributed by atoms with van der Waals surface area (Å²) in [6.07, 6.45) is 4.34. The van der Waals surface area contributed by atoms with Crippen LogP contribution in [0.25, 0.3) is 11.1 Å². The zero-order valence-electron chi connectivity index (χ0n) is 6.55. The van der Waals surface area contributed by atoms with Crippen molar-refractivity contribution < 1.29 is 4.42 Å². The number of furan rings is 1. The summed E-state index contributed by atoms with van der Waals surface area (Å²) in [6, 6.07) is 7.87. The molecule has 65 valence electrons. The van der Waals surface area contributed by atoms with Gasteiger partial charge in [-0.05, 0) is 29.8 Å². The van der Waals surface area contributed by atoms with E-state index in [2.05, 4.69) is 38.1 Å². The van der Waals surface area contributed by atoms with Crippen LogP contribution in [0.15, 0.2) is 43.9 Å². The number of hydrogen-bond donors (Lipinski definition) is 0. The van der Waals surface area contributed by atoms with Crippen LogP contribution in [0.4, 0.5) is 0 Å². The normalized spacial score (nSPS) is 10.3. The lowest BCUT2D eigenvalue weighted by atomic mass is 10.1. The fourth-order valence-electron chi connectivity index (χ4n) is 1.10. The topological polar surface area (TPSA) is 13.1 Å². The summed E-state index contributed by atoms with van der Waals surface area (Å²) in [7, 11) is 0. The molecular weight excluding hydrogens is 296 g/mol. The summed E-state index contributed by atoms with van der Waals surface area (Å²) >= 11 is 6.86. The van der Waals surface area contributed by atoms with Crippen LogP contribution < -0.4 is 0 Å². The maximum Gasteiger partial charge on any atom is 0.169 e. The highest BCUT2D eigenvalue weighted by molar-refractivity contribution is 9.11. The Morgan fingerprint density at radius 2 is 1.69 bits per heavy atom. The molecule has 0 aliphatic carbocycles. The highest BCUT2D eigenvalue weighted by Gasteiger charge is 2.01. The molecule has 1 aromatic heterocycles. The maximum atomic E-state index is 4.89. The highest BCUT2D eigenvalue weighted by atomic mass is 79.9. The van der Waals surface area contributed by atoms with Gasteiger partial charge in [0.15, 0.2) is 6.26 Å². The van der Waals surface area contributed by atoms with Gasteiger partial charge in [-0.15, -0.1) is 0 Å². The van der Waals surface area contributed by atoms with Gasteiger partial charge in [0.05, 0.1) is 6.26 Å². The van der Waals surface area contributed by atoms with E-state index in [1.165, 1.54) is 0 Å². The Hall–Kier alpha value is -0.540. The first-order chi connectivity index (χ1) is 6.25. The second-order valence-corrected chi connectivity index (χ2v) is 4.44. The van der Waals surface area contributed by atoms with Crippen molar-refractivity contribution in [2.24, 2.45) is 0 Å². The minimum absolute atomic E-state index is 1.03. The van der Waals surface area contributed by atoms with E-state index in [9.17, 15) is 0 Å². The van der Waals surface area contributed by atoms with Gasteiger partial charge in [-0.2, -0.15) is 0 Å². The summed E-state index contributed by atoms with van der Waals surface area (Å²) in [4.78, 5) is 0. The van der Waals surface area contributed by atoms with Crippen LogP contribution >= 0.6 is 31.9 Å². The molecule has 0 bridgehead atoms. The smallest absolute Gasteiger partial charge is 0.169 e. The molecule has 1 radical (unpaired) electrons. The summed E-state index contributed by atoms with van der Waals surface area (Å²) in [5.74, 6) is 0. The quantitative estimate of drug-likeness (QED) is 0.766. The second-order valence-electron chi connectivity index (χ2n) is 2.61. The molecule has 1 nitrogen and oxygen atoms in total. The predicted molar refractivity (Wildman–Crippen MR) is 58.4 cm³/mol. The van der Waals surface area contributed by atoms with Gasteiger partial charge in [-0.1, -0.05) is 31.9 Å². The van der Waals surface area contributed by atoms with E-state index in [0.29, 0.717) is 0 Å². The Morgan fingerprint density at radius 3 is 2.23 bits per heavy atom. The van der Waals surface area contributed by atoms with E-state index in [1.54, 1.807) is 6.26 Å². The Kier molecular flexibility index (Phi) is 2.56. The summed E-state index contributed by atoms with van der Waals surface area (Å²) < 4.78 is 6.97. The molecule has 3 heteroatoms. The van der Waals surface area contributed by atoms with Gasteiger partial charge in [0, 0.05) is 14.5 Å². The van der Waals surface area contributed by atoms with E-state index in [0.717, 1.165) is 20.1 Å². The SMILES string of the molecule is Brc1cc(Br)cc(-c2c[c]oc2)c1. The first-order valence-corrected chi connectivity index (χ1v) is 5.25. The Labute approximate surface area is 93.0 Å². The van der Waals surface area contributed by atoms with Crippen molar-refractivity contribution in [1.82, 2.24) is 0 Å². The number of halogens is 2. The van der Waals surface area contributed by atoms with Crippen LogP contribution in [0.1, 0.15) is 0 Å². The minimum Gasteiger partial charge on any atom is -0.460 e. The van der Waals surface area contributed by atoms with Crippen molar-refractivity contribution in [2.45, 2.75) is 0 Å². The van der Waals surface area contributed by atoms with Crippen molar-refractivity contribution in [2.75, 3.05) is 0 Å². The molecule has 13 heavy (non-hydrogen) atoms. The van der Waals surface area contributed by atoms with Crippen molar-refractivity contribution in [3.63, 3.8) is 0 Å². The van der Waals surface area contributed by atoms with Crippen molar-refractivity contribution in [3.05, 3.63) is 45.7 Å². The number of hydrogen-bond acceptors (Lipinski definition) is 1. The molecule has 0 aliphatic heterocycles. The first-order valence-electron chi connectivity index (χ1n) is 3.67. The van der Waals surface area contributed by atoms with Gasteiger partial charge in [0.1, 0.15) is 0 Å². The van der Waals surface area contributed by atoms with Gasteiger partial charge in [0.25, 0.3) is 0 Å². The average Bonchev–Trinajstić information content (AvgIpc) is 2.53. The third kappa shape index (κ3) is 2.03. The van der Waals surface area contributed by atoms with E-state index < -0.39 is 0 Å². The van der Waals surface area contributed by atoms with E-state index in [1.807, 2.05) is 24.3 Å². The fraction of sp³-hybridized carbons (Fsp3) is 0. The molecule has 0 saturated carbocycles. The second kappa shape index (κ2) is 3.68. The molecule has 0 atom stereocenters. The molecule has 0 unspecified atom stereocenters. The first kappa shape index (κ1) is 9.03. The van der Waals surface area contributed by atoms with Gasteiger partial charge in [-0.3, -0.25) is 0 Å². The maximum absolute atomic E-state index is 4.89. The molecule has 0 N–H and O–H groups in total. The number of benzene rings is 1. The zero-order valence-corrected chi connectivity index (χ0v) is 9.72. The number of rotatable bonds is 1. The predicted octanol–water partition coefficient (Wildman–Crippen LogP) is 4.27. The van der Waals surface area contributed by atoms with Crippen LogP contribution in [0.3, 0.4) is 0 Å². The Bertz CT molecular complexity index is 387. The van der Waals surface area contributed by atoms with Crippen molar-refractivity contribution in [3.8, 4) is 11.1 Å². The van der Waals surface area contributed by atoms with Crippen LogP contribution in [-0.4, -0.2) is 0 Å². The third-order valence-electron chi connectivity index (χ3n) is 1.66. The molecule has 2 rings (SSSR count). The van der Waals surface area contributed by atoms with Gasteiger partial charge >= 0.3 is 0 Å². The standard InChI is InChI=1S/C10H5Br2O/c11-9-3-8(4-10(12)5-9)7-1-2-13-6-7/h1,3-6H. The molecule has 2 aromatic rings. The van der Waals surface area contributed by atoms with Gasteiger partial charge in [0.2, 0.25) is 0 Å². The summed E-state index contributed by atoms with van der Waals surface area (Å²) in [6.45, 7) is 0. The summed E-state index contributed by atoms with van der Waals surface area (Å²) in [5, 5.41) is 0. The molecule has 0 amide bonds. The van der Waals surface area contributed by atoms with E-state index in [4.69, 9.17) is 4.42 Å². The van der Waals surface area contributed by atoms with Gasteiger partial charge in [-0.25, -0.2) is 0 Å². The zero-order chi connectivity index (χ0) is 9.26. The molecule has 1 aromatic carbocycles. The molecule has 1 heterocycles. The van der Waals surface area contributed by atoms with Crippen molar-refractivity contribution >= 4 is 31.9 Å². The lowest BCUT2D eigenvalue weighted by Gasteiger charge is -1.99. The third-order valence-corrected chi connectivity index (χ3v) is 2.58. The van der Waals surface area contributed by atoms with Gasteiger partial charge < -0.3 is 4.42 Å². The lowest BCUT2D eigenvalue weighted by Crippen LogP contribution is -1.74. The largest absolute Gasteiger partial charge is 0.460 e. The highest BCUT2D eigenvalue weighted by Crippen LogP contribution is 2.27. The minimum atomic E-state index is 1.03. The van der Waals surface area contributed by atoms with E-state index in [-0.39, 0.29) is 0 Å². The van der Waals surface area contributed by atoms with E-state index >= 15 is 0 Å². The molecule has 0 fully saturated rings. The van der Waals surface area contributed by atoms with Crippen LogP contribution in [-0.2, 0) is 0 Å². The van der Waals surface area contributed by atoms with Crippen LogP contribution in [0, 0.1) is 6.26 Å². The molecule has 0 aliphatic rings. The average molecular weight is 301 g/mol. The van der Waals surface area contributed by atoms with Crippen LogP contribution in [0.5, 0.6) is 0 Å². The lowest BCUT2D eigenvalue weighted by molar-refractivity contribution is 0.559. The summed E-state index contributed by atoms with van der Waals surface area (Å²) in [5.41, 5.74) is 2.13. The van der Waals surface area contributed by atoms with Crippen molar-refractivity contribution in [1.29, 1.82) is 0 Å².